The number of para-hydroxylation sites is 1. The van der Waals surface area contributed by atoms with Gasteiger partial charge in [0.05, 0.1) is 5.69 Å². The van der Waals surface area contributed by atoms with Crippen LogP contribution in [0.2, 0.25) is 0 Å². The van der Waals surface area contributed by atoms with Gasteiger partial charge in [-0.25, -0.2) is 13.6 Å². The molecule has 0 radical (unpaired) electrons. The molecule has 7 heteroatoms. The fraction of sp³-hybridized carbons (Fsp3) is 0.263. The predicted octanol–water partition coefficient (Wildman–Crippen LogP) is 3.14. The second-order valence-corrected chi connectivity index (χ2v) is 6.29. The second kappa shape index (κ2) is 7.95. The molecule has 0 spiro atoms. The predicted molar refractivity (Wildman–Crippen MR) is 93.3 cm³/mol. The van der Waals surface area contributed by atoms with E-state index < -0.39 is 11.8 Å². The first kappa shape index (κ1) is 17.8. The minimum atomic E-state index is -0.514. The molecule has 2 N–H and O–H groups in total. The van der Waals surface area contributed by atoms with Crippen molar-refractivity contribution in [3.8, 4) is 0 Å². The highest BCUT2D eigenvalue weighted by molar-refractivity contribution is 5.89. The Morgan fingerprint density at radius 2 is 1.85 bits per heavy atom. The maximum absolute atomic E-state index is 13.5. The van der Waals surface area contributed by atoms with Gasteiger partial charge in [0, 0.05) is 32.0 Å². The Kier molecular flexibility index (Phi) is 5.46. The maximum atomic E-state index is 13.5. The largest absolute Gasteiger partial charge is 0.338 e. The lowest BCUT2D eigenvalue weighted by Gasteiger charge is -2.17. The Hall–Kier alpha value is -2.96. The summed E-state index contributed by atoms with van der Waals surface area (Å²) < 4.78 is 26.5. The summed E-state index contributed by atoms with van der Waals surface area (Å²) in [5.74, 6) is -0.849. The summed E-state index contributed by atoms with van der Waals surface area (Å²) in [5, 5.41) is 5.11. The number of likely N-dealkylation sites (tertiary alicyclic amines) is 1. The van der Waals surface area contributed by atoms with E-state index in [0.717, 1.165) is 5.56 Å². The van der Waals surface area contributed by atoms with E-state index in [0.29, 0.717) is 26.1 Å². The van der Waals surface area contributed by atoms with Crippen LogP contribution in [0.4, 0.5) is 19.3 Å². The number of rotatable bonds is 5. The molecule has 136 valence electrons. The smallest absolute Gasteiger partial charge is 0.319 e. The van der Waals surface area contributed by atoms with Crippen LogP contribution in [0.5, 0.6) is 0 Å². The zero-order chi connectivity index (χ0) is 18.5. The third-order valence-electron chi connectivity index (χ3n) is 4.25. The topological polar surface area (TPSA) is 61.4 Å². The molecule has 1 atom stereocenters. The third-order valence-corrected chi connectivity index (χ3v) is 4.25. The number of nitrogens with one attached hydrogen (secondary N) is 2. The molecule has 0 saturated carbocycles. The van der Waals surface area contributed by atoms with Gasteiger partial charge in [0.25, 0.3) is 0 Å². The molecule has 1 fully saturated rings. The molecule has 0 bridgehead atoms. The van der Waals surface area contributed by atoms with Gasteiger partial charge in [0.2, 0.25) is 5.91 Å². The van der Waals surface area contributed by atoms with Crippen LogP contribution in [0.1, 0.15) is 12.0 Å². The van der Waals surface area contributed by atoms with Crippen LogP contribution in [0.25, 0.3) is 0 Å². The minimum Gasteiger partial charge on any atom is -0.338 e. The molecular weight excluding hydrogens is 340 g/mol. The standard InChI is InChI=1S/C19H19F2N3O2/c20-15-7-5-13(6-8-15)11-24-12-14(9-18(24)25)10-22-19(26)23-17-4-2-1-3-16(17)21/h1-8,14H,9-12H2,(H2,22,23,26). The molecule has 1 aliphatic heterocycles. The summed E-state index contributed by atoms with van der Waals surface area (Å²) in [6, 6.07) is 11.4. The third kappa shape index (κ3) is 4.56. The normalized spacial score (nSPS) is 16.6. The SMILES string of the molecule is O=C(NCC1CC(=O)N(Cc2ccc(F)cc2)C1)Nc1ccccc1F. The van der Waals surface area contributed by atoms with Gasteiger partial charge in [-0.05, 0) is 29.8 Å². The maximum Gasteiger partial charge on any atom is 0.319 e. The first-order valence-electron chi connectivity index (χ1n) is 8.33. The summed E-state index contributed by atoms with van der Waals surface area (Å²) in [5.41, 5.74) is 0.955. The average Bonchev–Trinajstić information content (AvgIpc) is 2.97. The van der Waals surface area contributed by atoms with Crippen molar-refractivity contribution < 1.29 is 18.4 Å². The van der Waals surface area contributed by atoms with Gasteiger partial charge in [-0.1, -0.05) is 24.3 Å². The zero-order valence-corrected chi connectivity index (χ0v) is 14.0. The lowest BCUT2D eigenvalue weighted by molar-refractivity contribution is -0.128. The van der Waals surface area contributed by atoms with E-state index in [2.05, 4.69) is 10.6 Å². The Labute approximate surface area is 150 Å². The van der Waals surface area contributed by atoms with E-state index in [9.17, 15) is 18.4 Å². The number of nitrogens with zero attached hydrogens (tertiary/aromatic N) is 1. The summed E-state index contributed by atoms with van der Waals surface area (Å²) in [4.78, 5) is 25.7. The van der Waals surface area contributed by atoms with Gasteiger partial charge < -0.3 is 15.5 Å². The summed E-state index contributed by atoms with van der Waals surface area (Å²) >= 11 is 0. The molecule has 0 aromatic heterocycles. The van der Waals surface area contributed by atoms with Crippen molar-refractivity contribution in [3.63, 3.8) is 0 Å². The number of carbonyl (C=O) groups excluding carboxylic acids is 2. The average molecular weight is 359 g/mol. The molecule has 3 rings (SSSR count). The molecule has 1 heterocycles. The van der Waals surface area contributed by atoms with E-state index in [4.69, 9.17) is 0 Å². The van der Waals surface area contributed by atoms with Gasteiger partial charge in [-0.3, -0.25) is 4.79 Å². The molecule has 3 amide bonds. The Bertz CT molecular complexity index is 796. The number of halogens is 2. The van der Waals surface area contributed by atoms with Gasteiger partial charge in [0.15, 0.2) is 0 Å². The number of amides is 3. The van der Waals surface area contributed by atoms with Crippen molar-refractivity contribution >= 4 is 17.6 Å². The fourth-order valence-electron chi connectivity index (χ4n) is 2.92. The molecule has 2 aromatic carbocycles. The number of benzene rings is 2. The van der Waals surface area contributed by atoms with Gasteiger partial charge in [-0.2, -0.15) is 0 Å². The Morgan fingerprint density at radius 3 is 2.58 bits per heavy atom. The second-order valence-electron chi connectivity index (χ2n) is 6.29. The van der Waals surface area contributed by atoms with Crippen molar-refractivity contribution in [2.24, 2.45) is 5.92 Å². The Balaban J connectivity index is 1.47. The van der Waals surface area contributed by atoms with Crippen LogP contribution in [-0.4, -0.2) is 29.9 Å². The molecule has 1 unspecified atom stereocenters. The van der Waals surface area contributed by atoms with Crippen LogP contribution in [0.3, 0.4) is 0 Å². The van der Waals surface area contributed by atoms with Crippen LogP contribution in [0, 0.1) is 17.6 Å². The van der Waals surface area contributed by atoms with Gasteiger partial charge >= 0.3 is 6.03 Å². The van der Waals surface area contributed by atoms with Crippen LogP contribution < -0.4 is 10.6 Å². The summed E-state index contributed by atoms with van der Waals surface area (Å²) in [7, 11) is 0. The van der Waals surface area contributed by atoms with Crippen molar-refractivity contribution in [1.82, 2.24) is 10.2 Å². The number of hydrogen-bond acceptors (Lipinski definition) is 2. The van der Waals surface area contributed by atoms with E-state index in [1.165, 1.54) is 30.3 Å². The first-order valence-corrected chi connectivity index (χ1v) is 8.33. The van der Waals surface area contributed by atoms with E-state index in [-0.39, 0.29) is 23.3 Å². The molecule has 5 nitrogen and oxygen atoms in total. The van der Waals surface area contributed by atoms with Crippen LogP contribution in [0.15, 0.2) is 48.5 Å². The molecular formula is C19H19F2N3O2. The van der Waals surface area contributed by atoms with Crippen LogP contribution >= 0.6 is 0 Å². The lowest BCUT2D eigenvalue weighted by atomic mass is 10.1. The molecule has 2 aromatic rings. The zero-order valence-electron chi connectivity index (χ0n) is 14.0. The minimum absolute atomic E-state index is 0.00404. The van der Waals surface area contributed by atoms with Crippen molar-refractivity contribution in [1.29, 1.82) is 0 Å². The summed E-state index contributed by atoms with van der Waals surface area (Å²) in [6.45, 7) is 1.24. The molecule has 1 aliphatic rings. The summed E-state index contributed by atoms with van der Waals surface area (Å²) in [6.07, 6.45) is 0.334. The van der Waals surface area contributed by atoms with E-state index in [1.807, 2.05) is 0 Å². The first-order chi connectivity index (χ1) is 12.5. The van der Waals surface area contributed by atoms with Gasteiger partial charge in [0.1, 0.15) is 11.6 Å². The van der Waals surface area contributed by atoms with E-state index in [1.54, 1.807) is 23.1 Å². The molecule has 26 heavy (non-hydrogen) atoms. The van der Waals surface area contributed by atoms with Crippen molar-refractivity contribution in [2.45, 2.75) is 13.0 Å². The fourth-order valence-corrected chi connectivity index (χ4v) is 2.92. The molecule has 0 aliphatic carbocycles. The lowest BCUT2D eigenvalue weighted by Crippen LogP contribution is -2.34. The number of anilines is 1. The van der Waals surface area contributed by atoms with Crippen molar-refractivity contribution in [2.75, 3.05) is 18.4 Å². The van der Waals surface area contributed by atoms with Gasteiger partial charge in [-0.15, -0.1) is 0 Å². The highest BCUT2D eigenvalue weighted by Crippen LogP contribution is 2.20. The quantitative estimate of drug-likeness (QED) is 0.862. The molecule has 1 saturated heterocycles. The van der Waals surface area contributed by atoms with Crippen LogP contribution in [-0.2, 0) is 11.3 Å². The monoisotopic (exact) mass is 359 g/mol. The number of carbonyl (C=O) groups is 2. The van der Waals surface area contributed by atoms with E-state index >= 15 is 0 Å². The van der Waals surface area contributed by atoms with Crippen molar-refractivity contribution in [3.05, 3.63) is 65.7 Å². The highest BCUT2D eigenvalue weighted by atomic mass is 19.1. The highest BCUT2D eigenvalue weighted by Gasteiger charge is 2.29. The number of urea groups is 1. The number of hydrogen-bond donors (Lipinski definition) is 2. The Morgan fingerprint density at radius 1 is 1.12 bits per heavy atom.